The van der Waals surface area contributed by atoms with Gasteiger partial charge in [0.1, 0.15) is 5.75 Å². The van der Waals surface area contributed by atoms with Crippen LogP contribution in [0.25, 0.3) is 0 Å². The molecule has 0 aliphatic rings. The highest BCUT2D eigenvalue weighted by Crippen LogP contribution is 2.29. The molecule has 0 aliphatic heterocycles. The van der Waals surface area contributed by atoms with Gasteiger partial charge < -0.3 is 10.5 Å². The third-order valence-corrected chi connectivity index (χ3v) is 4.37. The Labute approximate surface area is 130 Å². The lowest BCUT2D eigenvalue weighted by atomic mass is 10.3. The predicted molar refractivity (Wildman–Crippen MR) is 86.2 cm³/mol. The van der Waals surface area contributed by atoms with Crippen molar-refractivity contribution in [2.45, 2.75) is 4.90 Å². The van der Waals surface area contributed by atoms with Crippen LogP contribution >= 0.6 is 39.3 Å². The van der Waals surface area contributed by atoms with Crippen molar-refractivity contribution in [2.24, 2.45) is 0 Å². The van der Waals surface area contributed by atoms with Gasteiger partial charge in [-0.3, -0.25) is 0 Å². The maximum Gasteiger partial charge on any atom is 0.119 e. The zero-order valence-electron chi connectivity index (χ0n) is 10.1. The molecule has 0 aromatic heterocycles. The molecule has 5 heteroatoms. The van der Waals surface area contributed by atoms with Crippen molar-refractivity contribution < 1.29 is 4.74 Å². The molecule has 0 heterocycles. The van der Waals surface area contributed by atoms with E-state index in [0.29, 0.717) is 6.61 Å². The predicted octanol–water partition coefficient (Wildman–Crippen LogP) is 4.86. The monoisotopic (exact) mass is 357 g/mol. The number of thioether (sulfide) groups is 1. The van der Waals surface area contributed by atoms with Crippen LogP contribution in [-0.2, 0) is 0 Å². The molecular formula is C14H13BrClNOS. The second kappa shape index (κ2) is 7.08. The van der Waals surface area contributed by atoms with E-state index >= 15 is 0 Å². The number of anilines is 1. The summed E-state index contributed by atoms with van der Waals surface area (Å²) in [6, 6.07) is 13.3. The van der Waals surface area contributed by atoms with E-state index in [0.717, 1.165) is 31.6 Å². The lowest BCUT2D eigenvalue weighted by Gasteiger charge is -2.07. The van der Waals surface area contributed by atoms with Crippen LogP contribution in [0.4, 0.5) is 5.69 Å². The van der Waals surface area contributed by atoms with Crippen LogP contribution in [0.2, 0.25) is 5.02 Å². The fourth-order valence-corrected chi connectivity index (χ4v) is 2.83. The highest BCUT2D eigenvalue weighted by Gasteiger charge is 2.02. The number of nitrogens with two attached hydrogens (primary N) is 1. The van der Waals surface area contributed by atoms with Crippen LogP contribution in [0.15, 0.2) is 51.8 Å². The third-order valence-electron chi connectivity index (χ3n) is 2.38. The van der Waals surface area contributed by atoms with Crippen LogP contribution in [0.5, 0.6) is 5.75 Å². The maximum atomic E-state index is 6.09. The summed E-state index contributed by atoms with van der Waals surface area (Å²) in [5.74, 6) is 1.68. The van der Waals surface area contributed by atoms with E-state index in [9.17, 15) is 0 Å². The van der Waals surface area contributed by atoms with Crippen molar-refractivity contribution in [3.63, 3.8) is 0 Å². The van der Waals surface area contributed by atoms with Gasteiger partial charge >= 0.3 is 0 Å². The van der Waals surface area contributed by atoms with E-state index in [1.807, 2.05) is 36.4 Å². The summed E-state index contributed by atoms with van der Waals surface area (Å²) in [4.78, 5) is 0.987. The number of halogens is 2. The summed E-state index contributed by atoms with van der Waals surface area (Å²) in [5, 5.41) is 0.725. The number of rotatable bonds is 5. The van der Waals surface area contributed by atoms with Gasteiger partial charge in [-0.15, -0.1) is 11.8 Å². The Morgan fingerprint density at radius 2 is 1.89 bits per heavy atom. The molecule has 2 aromatic rings. The topological polar surface area (TPSA) is 35.2 Å². The first-order chi connectivity index (χ1) is 9.15. The smallest absolute Gasteiger partial charge is 0.119 e. The second-order valence-corrected chi connectivity index (χ2v) is 6.30. The molecular weight excluding hydrogens is 346 g/mol. The minimum absolute atomic E-state index is 0.622. The molecule has 2 nitrogen and oxygen atoms in total. The van der Waals surface area contributed by atoms with Crippen molar-refractivity contribution in [2.75, 3.05) is 18.1 Å². The molecule has 0 unspecified atom stereocenters. The second-order valence-electron chi connectivity index (χ2n) is 3.84. The summed E-state index contributed by atoms with van der Waals surface area (Å²) in [6.07, 6.45) is 0. The average molecular weight is 359 g/mol. The molecule has 0 fully saturated rings. The highest BCUT2D eigenvalue weighted by molar-refractivity contribution is 9.10. The zero-order chi connectivity index (χ0) is 13.7. The minimum atomic E-state index is 0.622. The number of benzene rings is 2. The molecule has 0 saturated carbocycles. The van der Waals surface area contributed by atoms with Gasteiger partial charge in [0.2, 0.25) is 0 Å². The molecule has 0 saturated heterocycles. The van der Waals surface area contributed by atoms with Crippen molar-refractivity contribution in [1.82, 2.24) is 0 Å². The number of nitrogen functional groups attached to an aromatic ring is 1. The standard InChI is InChI=1S/C14H13BrClNOS/c15-10-1-4-12(5-2-10)18-7-8-19-14-9-11(17)3-6-13(14)16/h1-6,9H,7-8,17H2. The van der Waals surface area contributed by atoms with Crippen LogP contribution in [0.3, 0.4) is 0 Å². The summed E-state index contributed by atoms with van der Waals surface area (Å²) in [5.41, 5.74) is 6.45. The van der Waals surface area contributed by atoms with Gasteiger partial charge in [0.25, 0.3) is 0 Å². The zero-order valence-corrected chi connectivity index (χ0v) is 13.3. The molecule has 0 amide bonds. The summed E-state index contributed by atoms with van der Waals surface area (Å²) >= 11 is 11.1. The van der Waals surface area contributed by atoms with E-state index in [-0.39, 0.29) is 0 Å². The van der Waals surface area contributed by atoms with Gasteiger partial charge in [-0.1, -0.05) is 27.5 Å². The molecule has 0 spiro atoms. The van der Waals surface area contributed by atoms with Gasteiger partial charge in [-0.2, -0.15) is 0 Å². The van der Waals surface area contributed by atoms with Gasteiger partial charge in [0.15, 0.2) is 0 Å². The number of hydrogen-bond donors (Lipinski definition) is 1. The first-order valence-electron chi connectivity index (χ1n) is 5.71. The Morgan fingerprint density at radius 3 is 2.63 bits per heavy atom. The molecule has 0 aliphatic carbocycles. The third kappa shape index (κ3) is 4.64. The van der Waals surface area contributed by atoms with E-state index in [1.54, 1.807) is 17.8 Å². The van der Waals surface area contributed by atoms with E-state index < -0.39 is 0 Å². The first kappa shape index (κ1) is 14.6. The molecule has 19 heavy (non-hydrogen) atoms. The van der Waals surface area contributed by atoms with Crippen molar-refractivity contribution in [3.8, 4) is 5.75 Å². The Morgan fingerprint density at radius 1 is 1.16 bits per heavy atom. The molecule has 0 radical (unpaired) electrons. The van der Waals surface area contributed by atoms with Crippen LogP contribution in [-0.4, -0.2) is 12.4 Å². The maximum absolute atomic E-state index is 6.09. The van der Waals surface area contributed by atoms with Crippen LogP contribution < -0.4 is 10.5 Å². The van der Waals surface area contributed by atoms with Gasteiger partial charge in [0, 0.05) is 20.8 Å². The first-order valence-corrected chi connectivity index (χ1v) is 7.87. The Balaban J connectivity index is 1.80. The van der Waals surface area contributed by atoms with Crippen LogP contribution in [0, 0.1) is 0 Å². The van der Waals surface area contributed by atoms with Crippen LogP contribution in [0.1, 0.15) is 0 Å². The van der Waals surface area contributed by atoms with E-state index in [1.165, 1.54) is 0 Å². The van der Waals surface area contributed by atoms with Gasteiger partial charge in [0.05, 0.1) is 11.6 Å². The molecule has 0 bridgehead atoms. The average Bonchev–Trinajstić information content (AvgIpc) is 2.40. The minimum Gasteiger partial charge on any atom is -0.493 e. The summed E-state index contributed by atoms with van der Waals surface area (Å²) < 4.78 is 6.68. The van der Waals surface area contributed by atoms with Crippen molar-refractivity contribution >= 4 is 45.0 Å². The molecule has 2 N–H and O–H groups in total. The summed E-state index contributed by atoms with van der Waals surface area (Å²) in [6.45, 7) is 0.622. The Kier molecular flexibility index (Phi) is 5.43. The van der Waals surface area contributed by atoms with Gasteiger partial charge in [-0.05, 0) is 42.5 Å². The largest absolute Gasteiger partial charge is 0.493 e. The van der Waals surface area contributed by atoms with Gasteiger partial charge in [-0.25, -0.2) is 0 Å². The fraction of sp³-hybridized carbons (Fsp3) is 0.143. The number of ether oxygens (including phenoxy) is 1. The lowest BCUT2D eigenvalue weighted by Crippen LogP contribution is -2.00. The van der Waals surface area contributed by atoms with Crippen molar-refractivity contribution in [3.05, 3.63) is 52.0 Å². The number of hydrogen-bond acceptors (Lipinski definition) is 3. The quantitative estimate of drug-likeness (QED) is 0.471. The Bertz CT molecular complexity index is 548. The SMILES string of the molecule is Nc1ccc(Cl)c(SCCOc2ccc(Br)cc2)c1. The molecule has 2 aromatic carbocycles. The van der Waals surface area contributed by atoms with E-state index in [4.69, 9.17) is 22.1 Å². The normalized spacial score (nSPS) is 10.4. The molecule has 0 atom stereocenters. The fourth-order valence-electron chi connectivity index (χ4n) is 1.47. The Hall–Kier alpha value is -0.840. The molecule has 100 valence electrons. The highest BCUT2D eigenvalue weighted by atomic mass is 79.9. The van der Waals surface area contributed by atoms with E-state index in [2.05, 4.69) is 15.9 Å². The lowest BCUT2D eigenvalue weighted by molar-refractivity contribution is 0.344. The summed E-state index contributed by atoms with van der Waals surface area (Å²) in [7, 11) is 0. The molecule has 2 rings (SSSR count). The van der Waals surface area contributed by atoms with Crippen molar-refractivity contribution in [1.29, 1.82) is 0 Å².